The number of hydrogen-bond donors (Lipinski definition) is 1. The van der Waals surface area contributed by atoms with Gasteiger partial charge in [-0.3, -0.25) is 4.79 Å². The van der Waals surface area contributed by atoms with Crippen LogP contribution < -0.4 is 10.7 Å². The molecule has 0 atom stereocenters. The SMILES string of the molecule is CC(=O)Nc1ncc(SCc2ncc([Si](C)(C)C)o2)s1. The van der Waals surface area contributed by atoms with Gasteiger partial charge < -0.3 is 9.73 Å². The van der Waals surface area contributed by atoms with Crippen LogP contribution in [0, 0.1) is 0 Å². The molecule has 0 saturated carbocycles. The molecule has 0 radical (unpaired) electrons. The van der Waals surface area contributed by atoms with Crippen molar-refractivity contribution >= 4 is 47.6 Å². The fourth-order valence-electron chi connectivity index (χ4n) is 1.39. The first-order chi connectivity index (χ1) is 9.34. The number of oxazole rings is 1. The van der Waals surface area contributed by atoms with Crippen LogP contribution in [0.25, 0.3) is 0 Å². The van der Waals surface area contributed by atoms with E-state index in [0.717, 1.165) is 15.5 Å². The molecule has 0 aromatic carbocycles. The molecule has 2 heterocycles. The second-order valence-corrected chi connectivity index (χ2v) is 12.6. The van der Waals surface area contributed by atoms with Gasteiger partial charge in [-0.05, 0) is 0 Å². The van der Waals surface area contributed by atoms with E-state index in [-0.39, 0.29) is 5.91 Å². The van der Waals surface area contributed by atoms with E-state index in [0.29, 0.717) is 10.9 Å². The predicted octanol–water partition coefficient (Wildman–Crippen LogP) is 2.93. The zero-order valence-electron chi connectivity index (χ0n) is 11.9. The van der Waals surface area contributed by atoms with E-state index in [4.69, 9.17) is 4.42 Å². The summed E-state index contributed by atoms with van der Waals surface area (Å²) in [4.78, 5) is 19.4. The maximum Gasteiger partial charge on any atom is 0.223 e. The molecule has 0 fully saturated rings. The number of thioether (sulfide) groups is 1. The molecule has 0 bridgehead atoms. The van der Waals surface area contributed by atoms with Crippen LogP contribution in [0.15, 0.2) is 21.0 Å². The Morgan fingerprint density at radius 1 is 1.40 bits per heavy atom. The Labute approximate surface area is 127 Å². The van der Waals surface area contributed by atoms with Crippen molar-refractivity contribution in [2.24, 2.45) is 0 Å². The summed E-state index contributed by atoms with van der Waals surface area (Å²) < 4.78 is 6.81. The van der Waals surface area contributed by atoms with E-state index in [9.17, 15) is 4.79 Å². The number of hydrogen-bond acceptors (Lipinski definition) is 6. The summed E-state index contributed by atoms with van der Waals surface area (Å²) in [5.41, 5.74) is 0. The monoisotopic (exact) mass is 327 g/mol. The zero-order chi connectivity index (χ0) is 14.8. The average Bonchev–Trinajstić information content (AvgIpc) is 2.93. The van der Waals surface area contributed by atoms with Gasteiger partial charge in [-0.1, -0.05) is 31.0 Å². The summed E-state index contributed by atoms with van der Waals surface area (Å²) >= 11 is 3.06. The fourth-order valence-corrected chi connectivity index (χ4v) is 4.04. The standard InChI is InChI=1S/C12H17N3O2S2Si/c1-8(16)15-12-14-6-11(19-12)18-7-9-13-5-10(17-9)20(2,3)4/h5-6H,7H2,1-4H3,(H,14,15,16). The van der Waals surface area contributed by atoms with Gasteiger partial charge in [-0.25, -0.2) is 9.97 Å². The third-order valence-corrected chi connectivity index (χ3v) is 6.20. The maximum atomic E-state index is 10.9. The number of nitrogens with zero attached hydrogens (tertiary/aromatic N) is 2. The molecule has 1 N–H and O–H groups in total. The number of nitrogens with one attached hydrogen (secondary N) is 1. The number of carbonyl (C=O) groups excluding carboxylic acids is 1. The minimum absolute atomic E-state index is 0.108. The summed E-state index contributed by atoms with van der Waals surface area (Å²) in [6.07, 6.45) is 3.60. The topological polar surface area (TPSA) is 68.0 Å². The van der Waals surface area contributed by atoms with Crippen LogP contribution in [0.5, 0.6) is 0 Å². The smallest absolute Gasteiger partial charge is 0.223 e. The maximum absolute atomic E-state index is 10.9. The van der Waals surface area contributed by atoms with Crippen LogP contribution in [0.4, 0.5) is 5.13 Å². The van der Waals surface area contributed by atoms with E-state index < -0.39 is 8.07 Å². The molecule has 2 aromatic heterocycles. The molecular weight excluding hydrogens is 310 g/mol. The van der Waals surface area contributed by atoms with Crippen molar-refractivity contribution in [3.05, 3.63) is 18.3 Å². The van der Waals surface area contributed by atoms with Gasteiger partial charge in [-0.15, -0.1) is 11.8 Å². The van der Waals surface area contributed by atoms with Gasteiger partial charge in [0.1, 0.15) is 13.5 Å². The first-order valence-corrected chi connectivity index (χ1v) is 11.5. The molecule has 0 saturated heterocycles. The number of thiazole rings is 1. The number of carbonyl (C=O) groups is 1. The quantitative estimate of drug-likeness (QED) is 0.675. The minimum atomic E-state index is -1.43. The van der Waals surface area contributed by atoms with E-state index >= 15 is 0 Å². The molecular formula is C12H17N3O2S2Si. The van der Waals surface area contributed by atoms with Gasteiger partial charge in [0.05, 0.1) is 22.4 Å². The van der Waals surface area contributed by atoms with Crippen molar-refractivity contribution in [3.8, 4) is 0 Å². The Morgan fingerprint density at radius 2 is 2.15 bits per heavy atom. The summed E-state index contributed by atoms with van der Waals surface area (Å²) in [5.74, 6) is 1.30. The van der Waals surface area contributed by atoms with E-state index in [2.05, 4.69) is 34.9 Å². The summed E-state index contributed by atoms with van der Waals surface area (Å²) in [6.45, 7) is 8.16. The van der Waals surface area contributed by atoms with Gasteiger partial charge >= 0.3 is 0 Å². The highest BCUT2D eigenvalue weighted by atomic mass is 32.2. The van der Waals surface area contributed by atoms with Crippen molar-refractivity contribution in [2.75, 3.05) is 5.32 Å². The first kappa shape index (κ1) is 15.3. The summed E-state index contributed by atoms with van der Waals surface area (Å²) in [5, 5.41) is 4.31. The lowest BCUT2D eigenvalue weighted by molar-refractivity contribution is -0.114. The van der Waals surface area contributed by atoms with Crippen molar-refractivity contribution in [1.29, 1.82) is 0 Å². The van der Waals surface area contributed by atoms with Gasteiger partial charge in [-0.2, -0.15) is 0 Å². The van der Waals surface area contributed by atoms with Gasteiger partial charge in [0.2, 0.25) is 11.8 Å². The molecule has 0 aliphatic rings. The molecule has 20 heavy (non-hydrogen) atoms. The number of rotatable bonds is 5. The lowest BCUT2D eigenvalue weighted by Crippen LogP contribution is -2.36. The van der Waals surface area contributed by atoms with Crippen LogP contribution in [-0.2, 0) is 10.5 Å². The second kappa shape index (κ2) is 6.11. The van der Waals surface area contributed by atoms with E-state index in [1.807, 2.05) is 6.20 Å². The number of amides is 1. The van der Waals surface area contributed by atoms with Crippen molar-refractivity contribution in [1.82, 2.24) is 9.97 Å². The van der Waals surface area contributed by atoms with Gasteiger partial charge in [0.25, 0.3) is 0 Å². The van der Waals surface area contributed by atoms with E-state index in [1.54, 1.807) is 18.0 Å². The lowest BCUT2D eigenvalue weighted by atomic mass is 10.7. The molecule has 8 heteroatoms. The molecule has 2 aromatic rings. The number of aromatic nitrogens is 2. The normalized spacial score (nSPS) is 11.6. The average molecular weight is 328 g/mol. The van der Waals surface area contributed by atoms with Crippen LogP contribution in [0.3, 0.4) is 0 Å². The third-order valence-electron chi connectivity index (χ3n) is 2.40. The van der Waals surface area contributed by atoms with Gasteiger partial charge in [0.15, 0.2) is 5.13 Å². The molecule has 2 rings (SSSR count). The Balaban J connectivity index is 1.93. The van der Waals surface area contributed by atoms with E-state index in [1.165, 1.54) is 18.3 Å². The Morgan fingerprint density at radius 3 is 2.75 bits per heavy atom. The third kappa shape index (κ3) is 4.19. The predicted molar refractivity (Wildman–Crippen MR) is 85.5 cm³/mol. The molecule has 0 aliphatic carbocycles. The Kier molecular flexibility index (Phi) is 4.66. The highest BCUT2D eigenvalue weighted by Crippen LogP contribution is 2.30. The fraction of sp³-hybridized carbons (Fsp3) is 0.417. The number of anilines is 1. The van der Waals surface area contributed by atoms with Crippen LogP contribution in [0.2, 0.25) is 19.6 Å². The summed E-state index contributed by atoms with van der Waals surface area (Å²) in [6, 6.07) is 0. The second-order valence-electron chi connectivity index (χ2n) is 5.32. The van der Waals surface area contributed by atoms with Crippen molar-refractivity contribution in [2.45, 2.75) is 36.5 Å². The molecule has 0 aliphatic heterocycles. The van der Waals surface area contributed by atoms with Crippen LogP contribution in [0.1, 0.15) is 12.8 Å². The molecule has 5 nitrogen and oxygen atoms in total. The van der Waals surface area contributed by atoms with Crippen LogP contribution >= 0.6 is 23.1 Å². The first-order valence-electron chi connectivity index (χ1n) is 6.16. The van der Waals surface area contributed by atoms with Gasteiger partial charge in [0, 0.05) is 6.92 Å². The lowest BCUT2D eigenvalue weighted by Gasteiger charge is -2.09. The molecule has 0 unspecified atom stereocenters. The molecule has 1 amide bonds. The zero-order valence-corrected chi connectivity index (χ0v) is 14.5. The minimum Gasteiger partial charge on any atom is -0.450 e. The molecule has 0 spiro atoms. The highest BCUT2D eigenvalue weighted by Gasteiger charge is 2.21. The molecule has 108 valence electrons. The Bertz CT molecular complexity index is 604. The Hall–Kier alpha value is -1.12. The van der Waals surface area contributed by atoms with Crippen molar-refractivity contribution < 1.29 is 9.21 Å². The largest absolute Gasteiger partial charge is 0.450 e. The van der Waals surface area contributed by atoms with Crippen LogP contribution in [-0.4, -0.2) is 23.9 Å². The van der Waals surface area contributed by atoms with Crippen molar-refractivity contribution in [3.63, 3.8) is 0 Å². The highest BCUT2D eigenvalue weighted by molar-refractivity contribution is 8.00. The summed E-state index contributed by atoms with van der Waals surface area (Å²) in [7, 11) is -1.43.